The number of amidine groups is 1. The molecular weight excluding hydrogens is 210 g/mol. The third kappa shape index (κ3) is 4.57. The van der Waals surface area contributed by atoms with E-state index in [2.05, 4.69) is 37.8 Å². The van der Waals surface area contributed by atoms with Gasteiger partial charge in [-0.05, 0) is 18.0 Å². The fourth-order valence-electron chi connectivity index (χ4n) is 1.87. The van der Waals surface area contributed by atoms with Crippen molar-refractivity contribution >= 4 is 5.84 Å². The maximum atomic E-state index is 7.34. The molecule has 1 aromatic rings. The van der Waals surface area contributed by atoms with Crippen LogP contribution in [0.4, 0.5) is 0 Å². The van der Waals surface area contributed by atoms with Crippen LogP contribution < -0.4 is 5.73 Å². The van der Waals surface area contributed by atoms with Gasteiger partial charge in [-0.1, -0.05) is 45.0 Å². The maximum absolute atomic E-state index is 7.34. The Labute approximate surface area is 104 Å². The van der Waals surface area contributed by atoms with Crippen LogP contribution in [-0.2, 0) is 6.54 Å². The van der Waals surface area contributed by atoms with Gasteiger partial charge in [-0.15, -0.1) is 0 Å². The van der Waals surface area contributed by atoms with Gasteiger partial charge in [0.15, 0.2) is 0 Å². The largest absolute Gasteiger partial charge is 0.384 e. The Morgan fingerprint density at radius 2 is 1.88 bits per heavy atom. The van der Waals surface area contributed by atoms with Crippen LogP contribution in [0, 0.1) is 11.3 Å². The van der Waals surface area contributed by atoms with Crippen LogP contribution in [0.2, 0.25) is 0 Å². The highest BCUT2D eigenvalue weighted by Gasteiger charge is 2.06. The van der Waals surface area contributed by atoms with Gasteiger partial charge >= 0.3 is 0 Å². The van der Waals surface area contributed by atoms with E-state index < -0.39 is 0 Å². The average molecular weight is 233 g/mol. The van der Waals surface area contributed by atoms with Gasteiger partial charge in [0.2, 0.25) is 0 Å². The van der Waals surface area contributed by atoms with Crippen LogP contribution in [0.25, 0.3) is 0 Å². The van der Waals surface area contributed by atoms with Gasteiger partial charge < -0.3 is 5.73 Å². The second kappa shape index (κ2) is 6.40. The van der Waals surface area contributed by atoms with E-state index in [0.29, 0.717) is 5.92 Å². The molecule has 0 heterocycles. The average Bonchev–Trinajstić information content (AvgIpc) is 2.28. The predicted molar refractivity (Wildman–Crippen MR) is 73.2 cm³/mol. The Kier molecular flexibility index (Phi) is 5.16. The van der Waals surface area contributed by atoms with E-state index in [0.717, 1.165) is 25.2 Å². The normalized spacial score (nSPS) is 11.1. The third-order valence-corrected chi connectivity index (χ3v) is 2.74. The molecule has 0 aliphatic carbocycles. The molecule has 1 aromatic carbocycles. The molecule has 0 aromatic heterocycles. The van der Waals surface area contributed by atoms with Crippen LogP contribution >= 0.6 is 0 Å². The first-order valence-electron chi connectivity index (χ1n) is 6.18. The van der Waals surface area contributed by atoms with E-state index >= 15 is 0 Å². The lowest BCUT2D eigenvalue weighted by Gasteiger charge is -2.22. The monoisotopic (exact) mass is 233 g/mol. The Hall–Kier alpha value is -1.35. The van der Waals surface area contributed by atoms with Gasteiger partial charge in [0, 0.05) is 18.7 Å². The van der Waals surface area contributed by atoms with Crippen LogP contribution in [0.5, 0.6) is 0 Å². The minimum Gasteiger partial charge on any atom is -0.384 e. The first-order chi connectivity index (χ1) is 8.02. The van der Waals surface area contributed by atoms with Crippen molar-refractivity contribution in [3.63, 3.8) is 0 Å². The number of nitrogens with two attached hydrogens (primary N) is 1. The van der Waals surface area contributed by atoms with Crippen molar-refractivity contribution in [2.45, 2.75) is 27.3 Å². The van der Waals surface area contributed by atoms with E-state index in [1.165, 1.54) is 5.56 Å². The van der Waals surface area contributed by atoms with Gasteiger partial charge in [0.1, 0.15) is 5.84 Å². The Morgan fingerprint density at radius 1 is 1.29 bits per heavy atom. The van der Waals surface area contributed by atoms with Gasteiger partial charge in [0.25, 0.3) is 0 Å². The summed E-state index contributed by atoms with van der Waals surface area (Å²) in [4.78, 5) is 2.42. The Balaban J connectivity index is 2.64. The smallest absolute Gasteiger partial charge is 0.122 e. The summed E-state index contributed by atoms with van der Waals surface area (Å²) in [5, 5.41) is 7.34. The summed E-state index contributed by atoms with van der Waals surface area (Å²) >= 11 is 0. The molecule has 0 aliphatic heterocycles. The second-order valence-corrected chi connectivity index (χ2v) is 4.83. The number of rotatable bonds is 6. The number of hydrogen-bond donors (Lipinski definition) is 2. The van der Waals surface area contributed by atoms with Crippen molar-refractivity contribution in [1.82, 2.24) is 4.90 Å². The molecule has 0 saturated carbocycles. The molecule has 1 rings (SSSR count). The zero-order valence-electron chi connectivity index (χ0n) is 11.0. The zero-order valence-corrected chi connectivity index (χ0v) is 11.0. The zero-order chi connectivity index (χ0) is 12.8. The molecule has 0 saturated heterocycles. The summed E-state index contributed by atoms with van der Waals surface area (Å²) in [6.07, 6.45) is 0. The van der Waals surface area contributed by atoms with Crippen molar-refractivity contribution in [3.05, 3.63) is 35.4 Å². The summed E-state index contributed by atoms with van der Waals surface area (Å²) in [5.74, 6) is 0.817. The van der Waals surface area contributed by atoms with Crippen molar-refractivity contribution in [2.75, 3.05) is 13.1 Å². The molecule has 0 fully saturated rings. The third-order valence-electron chi connectivity index (χ3n) is 2.74. The Morgan fingerprint density at radius 3 is 2.29 bits per heavy atom. The van der Waals surface area contributed by atoms with Crippen LogP contribution in [-0.4, -0.2) is 23.8 Å². The highest BCUT2D eigenvalue weighted by atomic mass is 15.1. The molecule has 3 heteroatoms. The van der Waals surface area contributed by atoms with Crippen molar-refractivity contribution in [1.29, 1.82) is 5.41 Å². The van der Waals surface area contributed by atoms with Crippen LogP contribution in [0.1, 0.15) is 31.9 Å². The molecule has 94 valence electrons. The van der Waals surface area contributed by atoms with E-state index in [1.54, 1.807) is 0 Å². The minimum absolute atomic E-state index is 0.131. The van der Waals surface area contributed by atoms with Crippen molar-refractivity contribution < 1.29 is 0 Å². The van der Waals surface area contributed by atoms with Crippen LogP contribution in [0.15, 0.2) is 24.3 Å². The first-order valence-corrected chi connectivity index (χ1v) is 6.18. The molecule has 0 amide bonds. The topological polar surface area (TPSA) is 53.1 Å². The fourth-order valence-corrected chi connectivity index (χ4v) is 1.87. The molecule has 0 radical (unpaired) electrons. The van der Waals surface area contributed by atoms with E-state index in [9.17, 15) is 0 Å². The molecule has 0 atom stereocenters. The molecule has 0 bridgehead atoms. The highest BCUT2D eigenvalue weighted by molar-refractivity contribution is 5.94. The molecule has 3 nitrogen and oxygen atoms in total. The summed E-state index contributed by atoms with van der Waals surface area (Å²) < 4.78 is 0. The van der Waals surface area contributed by atoms with Gasteiger partial charge in [0.05, 0.1) is 0 Å². The standard InChI is InChI=1S/C14H23N3/c1-4-17(9-11(2)3)10-12-5-7-13(8-6-12)14(15)16/h5-8,11H,4,9-10H2,1-3H3,(H3,15,16). The number of nitrogens with zero attached hydrogens (tertiary/aromatic N) is 1. The van der Waals surface area contributed by atoms with Crippen molar-refractivity contribution in [3.8, 4) is 0 Å². The summed E-state index contributed by atoms with van der Waals surface area (Å²) in [6, 6.07) is 7.95. The quantitative estimate of drug-likeness (QED) is 0.586. The summed E-state index contributed by atoms with van der Waals surface area (Å²) in [6.45, 7) is 9.81. The Bertz CT molecular complexity index is 354. The van der Waals surface area contributed by atoms with Gasteiger partial charge in [-0.25, -0.2) is 0 Å². The van der Waals surface area contributed by atoms with Gasteiger partial charge in [-0.2, -0.15) is 0 Å². The molecule has 0 unspecified atom stereocenters. The molecule has 17 heavy (non-hydrogen) atoms. The van der Waals surface area contributed by atoms with Crippen molar-refractivity contribution in [2.24, 2.45) is 11.7 Å². The lowest BCUT2D eigenvalue weighted by Crippen LogP contribution is -2.27. The molecule has 0 aliphatic rings. The summed E-state index contributed by atoms with van der Waals surface area (Å²) in [5.41, 5.74) is 7.50. The minimum atomic E-state index is 0.131. The molecule has 0 spiro atoms. The van der Waals surface area contributed by atoms with E-state index in [4.69, 9.17) is 11.1 Å². The first kappa shape index (κ1) is 13.7. The van der Waals surface area contributed by atoms with Gasteiger partial charge in [-0.3, -0.25) is 10.3 Å². The predicted octanol–water partition coefficient (Wildman–Crippen LogP) is 2.45. The fraction of sp³-hybridized carbons (Fsp3) is 0.500. The number of hydrogen-bond acceptors (Lipinski definition) is 2. The maximum Gasteiger partial charge on any atom is 0.122 e. The second-order valence-electron chi connectivity index (χ2n) is 4.83. The SMILES string of the molecule is CCN(Cc1ccc(C(=N)N)cc1)CC(C)C. The number of nitrogen functional groups attached to an aromatic ring is 1. The van der Waals surface area contributed by atoms with Crippen LogP contribution in [0.3, 0.4) is 0 Å². The molecule has 3 N–H and O–H groups in total. The lowest BCUT2D eigenvalue weighted by molar-refractivity contribution is 0.248. The number of nitrogens with one attached hydrogen (secondary N) is 1. The number of benzene rings is 1. The lowest BCUT2D eigenvalue weighted by atomic mass is 10.1. The molecular formula is C14H23N3. The summed E-state index contributed by atoms with van der Waals surface area (Å²) in [7, 11) is 0. The highest BCUT2D eigenvalue weighted by Crippen LogP contribution is 2.09. The van der Waals surface area contributed by atoms with E-state index in [-0.39, 0.29) is 5.84 Å². The van der Waals surface area contributed by atoms with E-state index in [1.807, 2.05) is 12.1 Å².